The molecule has 0 saturated heterocycles. The Morgan fingerprint density at radius 3 is 3.00 bits per heavy atom. The molecular formula is C11H11BrO4. The van der Waals surface area contributed by atoms with Gasteiger partial charge in [-0.05, 0) is 18.6 Å². The highest BCUT2D eigenvalue weighted by Gasteiger charge is 2.31. The van der Waals surface area contributed by atoms with E-state index in [-0.39, 0.29) is 0 Å². The van der Waals surface area contributed by atoms with Crippen LogP contribution in [-0.2, 0) is 16.0 Å². The fourth-order valence-electron chi connectivity index (χ4n) is 1.91. The highest BCUT2D eigenvalue weighted by molar-refractivity contribution is 9.10. The zero-order chi connectivity index (χ0) is 11.7. The minimum atomic E-state index is -0.977. The van der Waals surface area contributed by atoms with E-state index >= 15 is 0 Å². The van der Waals surface area contributed by atoms with E-state index in [9.17, 15) is 4.79 Å². The molecule has 86 valence electrons. The Kier molecular flexibility index (Phi) is 3.16. The normalized spacial score (nSPS) is 19.0. The van der Waals surface area contributed by atoms with Crippen molar-refractivity contribution in [3.63, 3.8) is 0 Å². The third kappa shape index (κ3) is 1.81. The van der Waals surface area contributed by atoms with Crippen LogP contribution in [0.15, 0.2) is 16.6 Å². The van der Waals surface area contributed by atoms with Crippen LogP contribution >= 0.6 is 15.9 Å². The Morgan fingerprint density at radius 1 is 1.62 bits per heavy atom. The van der Waals surface area contributed by atoms with E-state index in [1.807, 2.05) is 6.07 Å². The van der Waals surface area contributed by atoms with Crippen LogP contribution in [0.3, 0.4) is 0 Å². The minimum Gasteiger partial charge on any atom is -0.496 e. The van der Waals surface area contributed by atoms with Gasteiger partial charge in [-0.1, -0.05) is 15.9 Å². The second-order valence-electron chi connectivity index (χ2n) is 3.48. The Morgan fingerprint density at radius 2 is 2.38 bits per heavy atom. The summed E-state index contributed by atoms with van der Waals surface area (Å²) in [4.78, 5) is 11.1. The average Bonchev–Trinajstić information content (AvgIpc) is 2.29. The van der Waals surface area contributed by atoms with Crippen molar-refractivity contribution >= 4 is 21.9 Å². The number of aliphatic carboxylic acids is 1. The number of halogens is 1. The minimum absolute atomic E-state index is 0.400. The van der Waals surface area contributed by atoms with Gasteiger partial charge in [0.15, 0.2) is 6.10 Å². The molecule has 1 N–H and O–H groups in total. The maximum Gasteiger partial charge on any atom is 0.337 e. The van der Waals surface area contributed by atoms with Gasteiger partial charge in [0.1, 0.15) is 5.75 Å². The SMILES string of the molecule is COc1ccc(Br)c2c1CCOC2C(=O)O. The average molecular weight is 287 g/mol. The number of fused-ring (bicyclic) bond motifs is 1. The number of benzene rings is 1. The van der Waals surface area contributed by atoms with Gasteiger partial charge >= 0.3 is 5.97 Å². The Bertz CT molecular complexity index is 430. The lowest BCUT2D eigenvalue weighted by Crippen LogP contribution is -2.24. The standard InChI is InChI=1S/C11H11BrO4/c1-15-8-3-2-7(12)9-6(8)4-5-16-10(9)11(13)14/h2-3,10H,4-5H2,1H3,(H,13,14). The summed E-state index contributed by atoms with van der Waals surface area (Å²) in [5.74, 6) is -0.261. The summed E-state index contributed by atoms with van der Waals surface area (Å²) in [6, 6.07) is 3.61. The second kappa shape index (κ2) is 4.43. The Hall–Kier alpha value is -1.07. The van der Waals surface area contributed by atoms with Crippen LogP contribution in [0.2, 0.25) is 0 Å². The number of rotatable bonds is 2. The van der Waals surface area contributed by atoms with Crippen molar-refractivity contribution in [3.05, 3.63) is 27.7 Å². The molecule has 0 amide bonds. The quantitative estimate of drug-likeness (QED) is 0.905. The van der Waals surface area contributed by atoms with E-state index in [0.29, 0.717) is 24.3 Å². The molecule has 0 radical (unpaired) electrons. The summed E-state index contributed by atoms with van der Waals surface area (Å²) in [7, 11) is 1.58. The third-order valence-electron chi connectivity index (χ3n) is 2.60. The highest BCUT2D eigenvalue weighted by atomic mass is 79.9. The second-order valence-corrected chi connectivity index (χ2v) is 4.34. The van der Waals surface area contributed by atoms with Gasteiger partial charge in [0.05, 0.1) is 13.7 Å². The first-order valence-electron chi connectivity index (χ1n) is 4.85. The molecule has 0 aromatic heterocycles. The molecule has 0 aliphatic carbocycles. The molecular weight excluding hydrogens is 276 g/mol. The van der Waals surface area contributed by atoms with Crippen molar-refractivity contribution in [2.45, 2.75) is 12.5 Å². The van der Waals surface area contributed by atoms with Gasteiger partial charge in [0, 0.05) is 15.6 Å². The van der Waals surface area contributed by atoms with Crippen molar-refractivity contribution in [3.8, 4) is 5.75 Å². The fourth-order valence-corrected chi connectivity index (χ4v) is 2.49. The van der Waals surface area contributed by atoms with Crippen molar-refractivity contribution < 1.29 is 19.4 Å². The van der Waals surface area contributed by atoms with Gasteiger partial charge in [-0.3, -0.25) is 0 Å². The van der Waals surface area contributed by atoms with E-state index in [1.54, 1.807) is 13.2 Å². The molecule has 2 rings (SSSR count). The van der Waals surface area contributed by atoms with Crippen LogP contribution in [0.1, 0.15) is 17.2 Å². The highest BCUT2D eigenvalue weighted by Crippen LogP contribution is 2.38. The summed E-state index contributed by atoms with van der Waals surface area (Å²) in [6.07, 6.45) is -0.241. The first-order valence-corrected chi connectivity index (χ1v) is 5.64. The number of carbonyl (C=O) groups is 1. The van der Waals surface area contributed by atoms with Crippen LogP contribution in [0.25, 0.3) is 0 Å². The van der Waals surface area contributed by atoms with Crippen LogP contribution < -0.4 is 4.74 Å². The molecule has 16 heavy (non-hydrogen) atoms. The molecule has 1 aromatic carbocycles. The van der Waals surface area contributed by atoms with Gasteiger partial charge < -0.3 is 14.6 Å². The maximum absolute atomic E-state index is 11.1. The lowest BCUT2D eigenvalue weighted by atomic mass is 9.96. The zero-order valence-electron chi connectivity index (χ0n) is 8.70. The molecule has 0 saturated carbocycles. The van der Waals surface area contributed by atoms with E-state index in [0.717, 1.165) is 10.0 Å². The Balaban J connectivity index is 2.58. The molecule has 0 spiro atoms. The zero-order valence-corrected chi connectivity index (χ0v) is 10.3. The molecule has 1 aliphatic rings. The summed E-state index contributed by atoms with van der Waals surface area (Å²) >= 11 is 3.36. The topological polar surface area (TPSA) is 55.8 Å². The molecule has 1 aliphatic heterocycles. The smallest absolute Gasteiger partial charge is 0.337 e. The van der Waals surface area contributed by atoms with E-state index in [4.69, 9.17) is 14.6 Å². The van der Waals surface area contributed by atoms with Crippen LogP contribution in [0.4, 0.5) is 0 Å². The van der Waals surface area contributed by atoms with Gasteiger partial charge in [-0.2, -0.15) is 0 Å². The summed E-state index contributed by atoms with van der Waals surface area (Å²) in [5, 5.41) is 9.09. The first-order chi connectivity index (χ1) is 7.65. The molecule has 1 unspecified atom stereocenters. The molecule has 5 heteroatoms. The number of hydrogen-bond donors (Lipinski definition) is 1. The molecule has 1 heterocycles. The fraction of sp³-hybridized carbons (Fsp3) is 0.364. The molecule has 0 bridgehead atoms. The van der Waals surface area contributed by atoms with Gasteiger partial charge in [-0.15, -0.1) is 0 Å². The first kappa shape index (κ1) is 11.4. The number of carboxylic acid groups (broad SMARTS) is 1. The molecule has 0 fully saturated rings. The largest absolute Gasteiger partial charge is 0.496 e. The maximum atomic E-state index is 11.1. The molecule has 4 nitrogen and oxygen atoms in total. The van der Waals surface area contributed by atoms with Gasteiger partial charge in [0.25, 0.3) is 0 Å². The number of ether oxygens (including phenoxy) is 2. The monoisotopic (exact) mass is 286 g/mol. The van der Waals surface area contributed by atoms with Gasteiger partial charge in [-0.25, -0.2) is 4.79 Å². The third-order valence-corrected chi connectivity index (χ3v) is 3.30. The van der Waals surface area contributed by atoms with Crippen molar-refractivity contribution in [1.29, 1.82) is 0 Å². The van der Waals surface area contributed by atoms with E-state index in [1.165, 1.54) is 0 Å². The number of carboxylic acids is 1. The summed E-state index contributed by atoms with van der Waals surface area (Å²) in [6.45, 7) is 0.400. The van der Waals surface area contributed by atoms with Crippen molar-refractivity contribution in [2.75, 3.05) is 13.7 Å². The van der Waals surface area contributed by atoms with Crippen LogP contribution in [0.5, 0.6) is 5.75 Å². The Labute approximate surface area is 101 Å². The van der Waals surface area contributed by atoms with Crippen LogP contribution in [-0.4, -0.2) is 24.8 Å². The van der Waals surface area contributed by atoms with E-state index in [2.05, 4.69) is 15.9 Å². The number of methoxy groups -OCH3 is 1. The van der Waals surface area contributed by atoms with Crippen LogP contribution in [0, 0.1) is 0 Å². The van der Waals surface area contributed by atoms with E-state index < -0.39 is 12.1 Å². The number of hydrogen-bond acceptors (Lipinski definition) is 3. The molecule has 1 aromatic rings. The van der Waals surface area contributed by atoms with Gasteiger partial charge in [0.2, 0.25) is 0 Å². The lowest BCUT2D eigenvalue weighted by Gasteiger charge is -2.25. The lowest BCUT2D eigenvalue weighted by molar-refractivity contribution is -0.151. The van der Waals surface area contributed by atoms with Crippen molar-refractivity contribution in [1.82, 2.24) is 0 Å². The predicted molar refractivity (Wildman–Crippen MR) is 60.7 cm³/mol. The predicted octanol–water partition coefficient (Wildman–Crippen LogP) is 2.16. The molecule has 1 atom stereocenters. The van der Waals surface area contributed by atoms with Crippen molar-refractivity contribution in [2.24, 2.45) is 0 Å². The summed E-state index contributed by atoms with van der Waals surface area (Å²) < 4.78 is 11.2. The summed E-state index contributed by atoms with van der Waals surface area (Å²) in [5.41, 5.74) is 1.58.